The first-order valence-corrected chi connectivity index (χ1v) is 4.42. The predicted octanol–water partition coefficient (Wildman–Crippen LogP) is 2.18. The fourth-order valence-electron chi connectivity index (χ4n) is 0.950. The number of halogens is 1. The smallest absolute Gasteiger partial charge is 0.138 e. The summed E-state index contributed by atoms with van der Waals surface area (Å²) in [6.45, 7) is 0.262. The molecule has 0 saturated carbocycles. The van der Waals surface area contributed by atoms with Gasteiger partial charge in [-0.2, -0.15) is 5.26 Å². The Balaban J connectivity index is 2.81. The van der Waals surface area contributed by atoms with E-state index in [-0.39, 0.29) is 6.61 Å². The normalized spacial score (nSPS) is 9.14. The van der Waals surface area contributed by atoms with Crippen molar-refractivity contribution >= 4 is 17.9 Å². The van der Waals surface area contributed by atoms with Crippen molar-refractivity contribution in [3.05, 3.63) is 28.8 Å². The fourth-order valence-corrected chi connectivity index (χ4v) is 1.16. The number of nitrogens with zero attached hydrogens (tertiary/aromatic N) is 1. The molecule has 0 amide bonds. The molecule has 0 aliphatic heterocycles. The molecule has 72 valence electrons. The van der Waals surface area contributed by atoms with Crippen LogP contribution in [0.5, 0.6) is 5.75 Å². The zero-order valence-electron chi connectivity index (χ0n) is 7.37. The first kappa shape index (κ1) is 10.6. The minimum atomic E-state index is 0.262. The van der Waals surface area contributed by atoms with E-state index in [4.69, 9.17) is 21.6 Å². The highest BCUT2D eigenvalue weighted by molar-refractivity contribution is 6.31. The molecule has 1 aromatic carbocycles. The summed E-state index contributed by atoms with van der Waals surface area (Å²) in [6, 6.07) is 6.91. The predicted molar refractivity (Wildman–Crippen MR) is 52.3 cm³/mol. The number of carbonyl (C=O) groups excluding carboxylic acids is 1. The molecular weight excluding hydrogens is 202 g/mol. The van der Waals surface area contributed by atoms with Crippen LogP contribution in [0.4, 0.5) is 0 Å². The third-order valence-electron chi connectivity index (χ3n) is 1.58. The number of benzene rings is 1. The number of rotatable bonds is 4. The standard InChI is InChI=1S/C10H8ClNO2/c11-9-3-1-4-10(8(9)7-12)14-6-2-5-13/h1,3-5H,2,6H2. The first-order chi connectivity index (χ1) is 6.79. The highest BCUT2D eigenvalue weighted by Gasteiger charge is 2.06. The van der Waals surface area contributed by atoms with Crippen LogP contribution in [0.2, 0.25) is 5.02 Å². The molecule has 3 nitrogen and oxygen atoms in total. The Labute approximate surface area is 86.9 Å². The first-order valence-electron chi connectivity index (χ1n) is 4.04. The van der Waals surface area contributed by atoms with Gasteiger partial charge in [0, 0.05) is 6.42 Å². The van der Waals surface area contributed by atoms with Gasteiger partial charge in [-0.1, -0.05) is 17.7 Å². The molecule has 0 fully saturated rings. The van der Waals surface area contributed by atoms with E-state index in [2.05, 4.69) is 0 Å². The van der Waals surface area contributed by atoms with Gasteiger partial charge >= 0.3 is 0 Å². The molecule has 0 spiro atoms. The van der Waals surface area contributed by atoms with E-state index in [1.807, 2.05) is 6.07 Å². The maximum absolute atomic E-state index is 10.0. The quantitative estimate of drug-likeness (QED) is 0.564. The summed E-state index contributed by atoms with van der Waals surface area (Å²) in [5, 5.41) is 9.13. The molecule has 14 heavy (non-hydrogen) atoms. The van der Waals surface area contributed by atoms with Crippen LogP contribution in [0, 0.1) is 11.3 Å². The van der Waals surface area contributed by atoms with Gasteiger partial charge in [0.15, 0.2) is 0 Å². The second kappa shape index (κ2) is 5.25. The van der Waals surface area contributed by atoms with Crippen molar-refractivity contribution in [2.45, 2.75) is 6.42 Å². The Kier molecular flexibility index (Phi) is 3.96. The molecule has 0 radical (unpaired) electrons. The molecule has 4 heteroatoms. The van der Waals surface area contributed by atoms with Gasteiger partial charge in [-0.25, -0.2) is 0 Å². The molecule has 0 saturated heterocycles. The summed E-state index contributed by atoms with van der Waals surface area (Å²) < 4.78 is 5.21. The minimum Gasteiger partial charge on any atom is -0.492 e. The monoisotopic (exact) mass is 209 g/mol. The Morgan fingerprint density at radius 2 is 2.36 bits per heavy atom. The van der Waals surface area contributed by atoms with E-state index in [0.717, 1.165) is 6.29 Å². The van der Waals surface area contributed by atoms with Crippen LogP contribution in [0.3, 0.4) is 0 Å². The highest BCUT2D eigenvalue weighted by Crippen LogP contribution is 2.25. The number of nitriles is 1. The van der Waals surface area contributed by atoms with Gasteiger partial charge in [0.1, 0.15) is 23.7 Å². The van der Waals surface area contributed by atoms with E-state index in [1.165, 1.54) is 0 Å². The van der Waals surface area contributed by atoms with Gasteiger partial charge in [0.05, 0.1) is 11.6 Å². The van der Waals surface area contributed by atoms with Gasteiger partial charge in [-0.3, -0.25) is 0 Å². The van der Waals surface area contributed by atoms with Gasteiger partial charge in [0.2, 0.25) is 0 Å². The van der Waals surface area contributed by atoms with Crippen LogP contribution in [-0.4, -0.2) is 12.9 Å². The summed E-state index contributed by atoms with van der Waals surface area (Å²) in [6.07, 6.45) is 1.06. The number of hydrogen-bond acceptors (Lipinski definition) is 3. The van der Waals surface area contributed by atoms with Crippen molar-refractivity contribution in [2.75, 3.05) is 6.61 Å². The van der Waals surface area contributed by atoms with Crippen molar-refractivity contribution in [3.8, 4) is 11.8 Å². The van der Waals surface area contributed by atoms with Crippen LogP contribution in [0.25, 0.3) is 0 Å². The molecule has 0 aliphatic carbocycles. The summed E-state index contributed by atoms with van der Waals surface area (Å²) in [5.41, 5.74) is 0.306. The third kappa shape index (κ3) is 2.48. The Morgan fingerprint density at radius 3 is 3.00 bits per heavy atom. The van der Waals surface area contributed by atoms with Gasteiger partial charge < -0.3 is 9.53 Å². The van der Waals surface area contributed by atoms with Gasteiger partial charge in [-0.15, -0.1) is 0 Å². The lowest BCUT2D eigenvalue weighted by Crippen LogP contribution is -1.99. The van der Waals surface area contributed by atoms with Crippen LogP contribution >= 0.6 is 11.6 Å². The fraction of sp³-hybridized carbons (Fsp3) is 0.200. The lowest BCUT2D eigenvalue weighted by atomic mass is 10.2. The molecule has 0 N–H and O–H groups in total. The molecule has 0 unspecified atom stereocenters. The molecule has 0 atom stereocenters. The number of hydrogen-bond donors (Lipinski definition) is 0. The van der Waals surface area contributed by atoms with Crippen LogP contribution in [0.1, 0.15) is 12.0 Å². The van der Waals surface area contributed by atoms with Crippen molar-refractivity contribution in [2.24, 2.45) is 0 Å². The number of carbonyl (C=O) groups is 1. The molecule has 0 heterocycles. The van der Waals surface area contributed by atoms with Crippen LogP contribution in [-0.2, 0) is 4.79 Å². The molecular formula is C10H8ClNO2. The SMILES string of the molecule is N#Cc1c(Cl)cccc1OCCC=O. The van der Waals surface area contributed by atoms with Crippen molar-refractivity contribution in [1.82, 2.24) is 0 Å². The summed E-state index contributed by atoms with van der Waals surface area (Å²) in [5.74, 6) is 0.418. The van der Waals surface area contributed by atoms with Crippen molar-refractivity contribution in [1.29, 1.82) is 5.26 Å². The third-order valence-corrected chi connectivity index (χ3v) is 1.90. The summed E-state index contributed by atoms with van der Waals surface area (Å²) >= 11 is 5.77. The molecule has 0 aromatic heterocycles. The molecule has 1 aromatic rings. The topological polar surface area (TPSA) is 50.1 Å². The second-order valence-electron chi connectivity index (χ2n) is 2.53. The Hall–Kier alpha value is -1.53. The highest BCUT2D eigenvalue weighted by atomic mass is 35.5. The van der Waals surface area contributed by atoms with Gasteiger partial charge in [-0.05, 0) is 12.1 Å². The molecule has 1 rings (SSSR count). The van der Waals surface area contributed by atoms with Crippen molar-refractivity contribution < 1.29 is 9.53 Å². The zero-order valence-corrected chi connectivity index (χ0v) is 8.12. The van der Waals surface area contributed by atoms with E-state index in [1.54, 1.807) is 18.2 Å². The number of ether oxygens (including phenoxy) is 1. The minimum absolute atomic E-state index is 0.262. The maximum Gasteiger partial charge on any atom is 0.138 e. The van der Waals surface area contributed by atoms with E-state index in [0.29, 0.717) is 22.8 Å². The average molecular weight is 210 g/mol. The van der Waals surface area contributed by atoms with E-state index in [9.17, 15) is 4.79 Å². The lowest BCUT2D eigenvalue weighted by Gasteiger charge is -2.06. The summed E-state index contributed by atoms with van der Waals surface area (Å²) in [7, 11) is 0. The van der Waals surface area contributed by atoms with Crippen molar-refractivity contribution in [3.63, 3.8) is 0 Å². The Morgan fingerprint density at radius 1 is 1.57 bits per heavy atom. The van der Waals surface area contributed by atoms with Crippen LogP contribution < -0.4 is 4.74 Å². The van der Waals surface area contributed by atoms with E-state index >= 15 is 0 Å². The zero-order chi connectivity index (χ0) is 10.4. The summed E-state index contributed by atoms with van der Waals surface area (Å²) in [4.78, 5) is 10.0. The maximum atomic E-state index is 10.0. The van der Waals surface area contributed by atoms with E-state index < -0.39 is 0 Å². The second-order valence-corrected chi connectivity index (χ2v) is 2.94. The Bertz CT molecular complexity index is 371. The largest absolute Gasteiger partial charge is 0.492 e. The number of aldehydes is 1. The molecule has 0 aliphatic rings. The molecule has 0 bridgehead atoms. The average Bonchev–Trinajstić information content (AvgIpc) is 2.18. The lowest BCUT2D eigenvalue weighted by molar-refractivity contribution is -0.108. The van der Waals surface area contributed by atoms with Gasteiger partial charge in [0.25, 0.3) is 0 Å². The van der Waals surface area contributed by atoms with Crippen LogP contribution in [0.15, 0.2) is 18.2 Å².